The van der Waals surface area contributed by atoms with Gasteiger partial charge in [-0.2, -0.15) is 0 Å². The standard InChI is InChI=1S/C23H41N3O3/c1-15(2)19(13-16(3)22(28)29)26(9)21(27)20(23(5,6)7)24-17(4)18-11-10-12-25(8)14-18/h13,15,18-20,24H,4,10-12,14H2,1-3,5-9H3,(H,28,29)/b16-13+/t18?,19-,20-/m1/s1. The predicted molar refractivity (Wildman–Crippen MR) is 119 cm³/mol. The number of nitrogens with one attached hydrogen (secondary N) is 1. The third-order valence-electron chi connectivity index (χ3n) is 5.80. The molecule has 1 unspecified atom stereocenters. The Hall–Kier alpha value is -1.82. The van der Waals surface area contributed by atoms with Crippen LogP contribution in [-0.4, -0.2) is 66.1 Å². The number of rotatable bonds is 8. The lowest BCUT2D eigenvalue weighted by atomic mass is 9.84. The van der Waals surface area contributed by atoms with Gasteiger partial charge in [0.25, 0.3) is 0 Å². The molecular formula is C23H41N3O3. The lowest BCUT2D eigenvalue weighted by Crippen LogP contribution is -2.55. The minimum Gasteiger partial charge on any atom is -0.478 e. The minimum absolute atomic E-state index is 0.0454. The van der Waals surface area contributed by atoms with Gasteiger partial charge < -0.3 is 20.2 Å². The summed E-state index contributed by atoms with van der Waals surface area (Å²) in [6, 6.07) is -0.730. The Morgan fingerprint density at radius 1 is 1.31 bits per heavy atom. The molecule has 1 amide bonds. The van der Waals surface area contributed by atoms with Crippen molar-refractivity contribution in [3.63, 3.8) is 0 Å². The van der Waals surface area contributed by atoms with Gasteiger partial charge in [-0.3, -0.25) is 4.79 Å². The maximum atomic E-state index is 13.5. The first-order valence-electron chi connectivity index (χ1n) is 10.6. The molecule has 0 aromatic carbocycles. The Labute approximate surface area is 177 Å². The molecule has 0 radical (unpaired) electrons. The maximum absolute atomic E-state index is 13.5. The summed E-state index contributed by atoms with van der Waals surface area (Å²) in [6.07, 6.45) is 3.88. The molecule has 2 N–H and O–H groups in total. The van der Waals surface area contributed by atoms with Gasteiger partial charge in [0.15, 0.2) is 0 Å². The average molecular weight is 408 g/mol. The van der Waals surface area contributed by atoms with E-state index in [1.54, 1.807) is 24.9 Å². The van der Waals surface area contributed by atoms with E-state index in [4.69, 9.17) is 0 Å². The smallest absolute Gasteiger partial charge is 0.331 e. The van der Waals surface area contributed by atoms with Gasteiger partial charge in [-0.15, -0.1) is 0 Å². The van der Waals surface area contributed by atoms with Crippen LogP contribution in [0.4, 0.5) is 0 Å². The third kappa shape index (κ3) is 7.18. The van der Waals surface area contributed by atoms with E-state index in [0.717, 1.165) is 31.6 Å². The fraction of sp³-hybridized carbons (Fsp3) is 0.739. The molecular weight excluding hydrogens is 366 g/mol. The summed E-state index contributed by atoms with van der Waals surface area (Å²) in [5.74, 6) is -0.589. The Balaban J connectivity index is 3.07. The number of carbonyl (C=O) groups is 2. The highest BCUT2D eigenvalue weighted by atomic mass is 16.4. The maximum Gasteiger partial charge on any atom is 0.331 e. The summed E-state index contributed by atoms with van der Waals surface area (Å²) in [6.45, 7) is 18.0. The second kappa shape index (κ2) is 10.3. The van der Waals surface area contributed by atoms with E-state index in [1.165, 1.54) is 0 Å². The van der Waals surface area contributed by atoms with Crippen LogP contribution in [-0.2, 0) is 9.59 Å². The van der Waals surface area contributed by atoms with Crippen LogP contribution in [0.5, 0.6) is 0 Å². The molecule has 1 heterocycles. The van der Waals surface area contributed by atoms with Crippen LogP contribution < -0.4 is 5.32 Å². The van der Waals surface area contributed by atoms with Crippen LogP contribution in [0.1, 0.15) is 54.4 Å². The number of likely N-dealkylation sites (N-methyl/N-ethyl adjacent to an activating group) is 1. The number of amides is 1. The summed E-state index contributed by atoms with van der Waals surface area (Å²) in [5.41, 5.74) is 0.844. The van der Waals surface area contributed by atoms with Crippen molar-refractivity contribution in [3.05, 3.63) is 23.9 Å². The van der Waals surface area contributed by atoms with Crippen molar-refractivity contribution in [1.29, 1.82) is 0 Å². The van der Waals surface area contributed by atoms with Gasteiger partial charge in [-0.1, -0.05) is 47.3 Å². The summed E-state index contributed by atoms with van der Waals surface area (Å²) >= 11 is 0. The van der Waals surface area contributed by atoms with E-state index in [1.807, 2.05) is 34.6 Å². The number of hydrogen-bond donors (Lipinski definition) is 2. The summed E-state index contributed by atoms with van der Waals surface area (Å²) < 4.78 is 0. The molecule has 0 spiro atoms. The molecule has 1 rings (SSSR count). The second-order valence-corrected chi connectivity index (χ2v) is 9.91. The van der Waals surface area contributed by atoms with Gasteiger partial charge in [0.1, 0.15) is 6.04 Å². The van der Waals surface area contributed by atoms with Crippen molar-refractivity contribution in [2.45, 2.75) is 66.5 Å². The number of hydrogen-bond acceptors (Lipinski definition) is 4. The van der Waals surface area contributed by atoms with Crippen molar-refractivity contribution in [1.82, 2.24) is 15.1 Å². The van der Waals surface area contributed by atoms with E-state index in [2.05, 4.69) is 23.8 Å². The summed E-state index contributed by atoms with van der Waals surface area (Å²) in [5, 5.41) is 12.7. The Morgan fingerprint density at radius 2 is 1.90 bits per heavy atom. The lowest BCUT2D eigenvalue weighted by molar-refractivity contribution is -0.137. The monoisotopic (exact) mass is 407 g/mol. The predicted octanol–water partition coefficient (Wildman–Crippen LogP) is 3.36. The van der Waals surface area contributed by atoms with Crippen LogP contribution in [0.15, 0.2) is 23.9 Å². The molecule has 1 aliphatic rings. The quantitative estimate of drug-likeness (QED) is 0.604. The number of nitrogens with zero attached hydrogens (tertiary/aromatic N) is 2. The molecule has 0 aromatic rings. The van der Waals surface area contributed by atoms with Gasteiger partial charge in [0, 0.05) is 30.8 Å². The summed E-state index contributed by atoms with van der Waals surface area (Å²) in [7, 11) is 3.88. The third-order valence-corrected chi connectivity index (χ3v) is 5.80. The highest BCUT2D eigenvalue weighted by Gasteiger charge is 2.37. The molecule has 0 aliphatic carbocycles. The molecule has 166 valence electrons. The van der Waals surface area contributed by atoms with Crippen molar-refractivity contribution in [3.8, 4) is 0 Å². The topological polar surface area (TPSA) is 72.9 Å². The molecule has 1 saturated heterocycles. The molecule has 1 aliphatic heterocycles. The molecule has 6 nitrogen and oxygen atoms in total. The number of carboxylic acids is 1. The molecule has 3 atom stereocenters. The van der Waals surface area contributed by atoms with Crippen LogP contribution in [0.3, 0.4) is 0 Å². The van der Waals surface area contributed by atoms with Crippen molar-refractivity contribution < 1.29 is 14.7 Å². The molecule has 0 bridgehead atoms. The highest BCUT2D eigenvalue weighted by Crippen LogP contribution is 2.27. The number of carboxylic acid groups (broad SMARTS) is 1. The fourth-order valence-corrected chi connectivity index (χ4v) is 3.83. The van der Waals surface area contributed by atoms with Gasteiger partial charge in [-0.05, 0) is 44.7 Å². The van der Waals surface area contributed by atoms with Gasteiger partial charge in [0.05, 0.1) is 6.04 Å². The van der Waals surface area contributed by atoms with Crippen LogP contribution in [0.2, 0.25) is 0 Å². The molecule has 0 saturated carbocycles. The van der Waals surface area contributed by atoms with E-state index in [9.17, 15) is 14.7 Å². The number of piperidine rings is 1. The van der Waals surface area contributed by atoms with Gasteiger partial charge in [-0.25, -0.2) is 4.79 Å². The van der Waals surface area contributed by atoms with E-state index in [-0.39, 0.29) is 28.9 Å². The first-order chi connectivity index (χ1) is 13.3. The van der Waals surface area contributed by atoms with Crippen molar-refractivity contribution in [2.24, 2.45) is 17.3 Å². The summed E-state index contributed by atoms with van der Waals surface area (Å²) in [4.78, 5) is 28.8. The van der Waals surface area contributed by atoms with Crippen LogP contribution in [0.25, 0.3) is 0 Å². The molecule has 0 aromatic heterocycles. The normalized spacial score (nSPS) is 20.9. The number of likely N-dealkylation sites (tertiary alicyclic amines) is 1. The van der Waals surface area contributed by atoms with Crippen molar-refractivity contribution >= 4 is 11.9 Å². The SMILES string of the molecule is C=C(N[C@H](C(=O)N(C)[C@H](/C=C(\C)C(=O)O)C(C)C)C(C)(C)C)C1CCCN(C)C1. The fourth-order valence-electron chi connectivity index (χ4n) is 3.83. The Morgan fingerprint density at radius 3 is 2.34 bits per heavy atom. The van der Waals surface area contributed by atoms with E-state index < -0.39 is 12.0 Å². The zero-order valence-electron chi connectivity index (χ0n) is 19.6. The van der Waals surface area contributed by atoms with Crippen molar-refractivity contribution in [2.75, 3.05) is 27.2 Å². The van der Waals surface area contributed by atoms with Crippen LogP contribution in [0, 0.1) is 17.3 Å². The number of aliphatic carboxylic acids is 1. The molecule has 29 heavy (non-hydrogen) atoms. The van der Waals surface area contributed by atoms with Gasteiger partial charge >= 0.3 is 5.97 Å². The zero-order chi connectivity index (χ0) is 22.5. The van der Waals surface area contributed by atoms with E-state index >= 15 is 0 Å². The minimum atomic E-state index is -0.961. The first kappa shape index (κ1) is 25.2. The van der Waals surface area contributed by atoms with E-state index in [0.29, 0.717) is 5.92 Å². The Bertz CT molecular complexity index is 634. The molecule has 1 fully saturated rings. The number of carbonyl (C=O) groups excluding carboxylic acids is 1. The Kier molecular flexibility index (Phi) is 8.94. The second-order valence-electron chi connectivity index (χ2n) is 9.91. The molecule has 6 heteroatoms. The lowest BCUT2D eigenvalue weighted by Gasteiger charge is -2.40. The zero-order valence-corrected chi connectivity index (χ0v) is 19.6. The largest absolute Gasteiger partial charge is 0.478 e. The van der Waals surface area contributed by atoms with Gasteiger partial charge in [0.2, 0.25) is 5.91 Å². The average Bonchev–Trinajstić information content (AvgIpc) is 2.61. The highest BCUT2D eigenvalue weighted by molar-refractivity contribution is 5.87. The first-order valence-corrected chi connectivity index (χ1v) is 10.6. The van der Waals surface area contributed by atoms with Crippen LogP contribution >= 0.6 is 0 Å².